The van der Waals surface area contributed by atoms with E-state index in [-0.39, 0.29) is 12.5 Å². The molecule has 1 amide bonds. The normalized spacial score (nSPS) is 20.7. The highest BCUT2D eigenvalue weighted by Crippen LogP contribution is 2.44. The van der Waals surface area contributed by atoms with Gasteiger partial charge in [-0.1, -0.05) is 48.5 Å². The van der Waals surface area contributed by atoms with E-state index in [0.717, 1.165) is 27.2 Å². The average molecular weight is 421 g/mol. The van der Waals surface area contributed by atoms with Crippen LogP contribution in [0.3, 0.4) is 0 Å². The summed E-state index contributed by atoms with van der Waals surface area (Å²) in [5, 5.41) is 9.30. The summed E-state index contributed by atoms with van der Waals surface area (Å²) in [6, 6.07) is 13.9. The quantitative estimate of drug-likeness (QED) is 0.808. The number of halogens is 3. The molecule has 0 unspecified atom stereocenters. The van der Waals surface area contributed by atoms with Gasteiger partial charge in [-0.05, 0) is 22.3 Å². The summed E-state index contributed by atoms with van der Waals surface area (Å²) in [5.41, 5.74) is 4.00. The molecule has 1 aliphatic heterocycles. The number of carbonyl (C=O) groups excluding carboxylic acids is 1. The smallest absolute Gasteiger partial charge is 0.480 e. The van der Waals surface area contributed by atoms with Crippen molar-refractivity contribution in [1.82, 2.24) is 4.90 Å². The molecular formula is C21H18F3NO5. The molecule has 1 N–H and O–H groups in total. The van der Waals surface area contributed by atoms with Crippen LogP contribution < -0.4 is 0 Å². The van der Waals surface area contributed by atoms with E-state index in [9.17, 15) is 27.9 Å². The lowest BCUT2D eigenvalue weighted by Gasteiger charge is -2.22. The largest absolute Gasteiger partial charge is 0.522 e. The molecule has 1 fully saturated rings. The van der Waals surface area contributed by atoms with Crippen LogP contribution in [0.4, 0.5) is 18.0 Å². The second kappa shape index (κ2) is 7.64. The lowest BCUT2D eigenvalue weighted by molar-refractivity contribution is -0.340. The fourth-order valence-electron chi connectivity index (χ4n) is 4.18. The Bertz CT molecular complexity index is 932. The van der Waals surface area contributed by atoms with E-state index in [0.29, 0.717) is 0 Å². The topological polar surface area (TPSA) is 76.1 Å². The fourth-order valence-corrected chi connectivity index (χ4v) is 4.18. The maximum atomic E-state index is 12.6. The number of carboxylic acids is 1. The molecule has 9 heteroatoms. The minimum atomic E-state index is -4.91. The zero-order chi connectivity index (χ0) is 21.5. The fraction of sp³-hybridized carbons (Fsp3) is 0.333. The van der Waals surface area contributed by atoms with E-state index < -0.39 is 43.5 Å². The number of alkyl halides is 3. The molecule has 158 valence electrons. The highest BCUT2D eigenvalue weighted by Gasteiger charge is 2.45. The first-order valence-electron chi connectivity index (χ1n) is 9.33. The maximum Gasteiger partial charge on any atom is 0.522 e. The molecular weight excluding hydrogens is 403 g/mol. The average Bonchev–Trinajstić information content (AvgIpc) is 3.24. The van der Waals surface area contributed by atoms with Crippen molar-refractivity contribution in [2.45, 2.75) is 30.8 Å². The first-order valence-corrected chi connectivity index (χ1v) is 9.33. The molecule has 6 nitrogen and oxygen atoms in total. The summed E-state index contributed by atoms with van der Waals surface area (Å²) in [6.07, 6.45) is -7.80. The molecule has 2 aromatic carbocycles. The van der Waals surface area contributed by atoms with Crippen molar-refractivity contribution in [3.05, 3.63) is 59.7 Å². The molecule has 1 aliphatic carbocycles. The van der Waals surface area contributed by atoms with Gasteiger partial charge in [0.1, 0.15) is 12.6 Å². The number of carbonyl (C=O) groups is 2. The molecule has 1 heterocycles. The predicted molar refractivity (Wildman–Crippen MR) is 98.7 cm³/mol. The number of hydrogen-bond donors (Lipinski definition) is 1. The number of ether oxygens (including phenoxy) is 2. The number of benzene rings is 2. The Morgan fingerprint density at radius 1 is 1.03 bits per heavy atom. The molecule has 1 saturated heterocycles. The third kappa shape index (κ3) is 3.85. The number of likely N-dealkylation sites (tertiary alicyclic amines) is 1. The molecule has 30 heavy (non-hydrogen) atoms. The molecule has 0 spiro atoms. The zero-order valence-corrected chi connectivity index (χ0v) is 15.6. The number of amides is 1. The lowest BCUT2D eigenvalue weighted by atomic mass is 9.98. The van der Waals surface area contributed by atoms with Crippen molar-refractivity contribution in [3.8, 4) is 11.1 Å². The van der Waals surface area contributed by atoms with Gasteiger partial charge in [0.05, 0.1) is 12.6 Å². The highest BCUT2D eigenvalue weighted by atomic mass is 19.4. The van der Waals surface area contributed by atoms with Crippen LogP contribution >= 0.6 is 0 Å². The van der Waals surface area contributed by atoms with Gasteiger partial charge in [-0.2, -0.15) is 0 Å². The molecule has 2 atom stereocenters. The monoisotopic (exact) mass is 421 g/mol. The first-order chi connectivity index (χ1) is 14.2. The van der Waals surface area contributed by atoms with Crippen molar-refractivity contribution < 1.29 is 37.3 Å². The molecule has 0 bridgehead atoms. The summed E-state index contributed by atoms with van der Waals surface area (Å²) in [4.78, 5) is 24.8. The second-order valence-electron chi connectivity index (χ2n) is 7.23. The molecule has 0 aromatic heterocycles. The zero-order valence-electron chi connectivity index (χ0n) is 15.6. The van der Waals surface area contributed by atoms with Crippen LogP contribution in [0.1, 0.15) is 23.5 Å². The highest BCUT2D eigenvalue weighted by molar-refractivity contribution is 5.81. The molecule has 4 rings (SSSR count). The van der Waals surface area contributed by atoms with Crippen LogP contribution in [-0.4, -0.2) is 53.7 Å². The minimum absolute atomic E-state index is 0.0551. The summed E-state index contributed by atoms with van der Waals surface area (Å²) < 4.78 is 46.8. The van der Waals surface area contributed by atoms with Crippen molar-refractivity contribution >= 4 is 12.1 Å². The number of rotatable bonds is 4. The molecule has 0 saturated carbocycles. The van der Waals surface area contributed by atoms with Gasteiger partial charge in [0.2, 0.25) is 0 Å². The predicted octanol–water partition coefficient (Wildman–Crippen LogP) is 4.00. The van der Waals surface area contributed by atoms with E-state index in [2.05, 4.69) is 4.74 Å². The minimum Gasteiger partial charge on any atom is -0.480 e. The Balaban J connectivity index is 1.48. The van der Waals surface area contributed by atoms with Gasteiger partial charge in [0, 0.05) is 12.3 Å². The van der Waals surface area contributed by atoms with Gasteiger partial charge in [-0.3, -0.25) is 9.64 Å². The first kappa shape index (κ1) is 20.2. The summed E-state index contributed by atoms with van der Waals surface area (Å²) in [6.45, 7) is -0.562. The number of aliphatic carboxylic acids is 1. The van der Waals surface area contributed by atoms with Crippen LogP contribution in [0.5, 0.6) is 0 Å². The summed E-state index contributed by atoms with van der Waals surface area (Å²) in [5.74, 6) is -1.65. The Hall–Kier alpha value is -3.07. The Labute approximate surface area is 169 Å². The number of carboxylic acid groups (broad SMARTS) is 1. The maximum absolute atomic E-state index is 12.6. The lowest BCUT2D eigenvalue weighted by Crippen LogP contribution is -2.41. The molecule has 2 aromatic rings. The Kier molecular flexibility index (Phi) is 5.15. The standard InChI is InChI=1S/C21H18F3NO5/c22-21(23,24)30-12-9-18(19(26)27)25(10-12)20(28)29-11-17-15-7-3-1-5-13(15)14-6-2-4-8-16(14)17/h1-8,12,17-18H,9-11H2,(H,26,27)/t12-,18-/m1/s1. The Morgan fingerprint density at radius 2 is 1.60 bits per heavy atom. The van der Waals surface area contributed by atoms with Crippen molar-refractivity contribution in [2.75, 3.05) is 13.2 Å². The van der Waals surface area contributed by atoms with E-state index >= 15 is 0 Å². The van der Waals surface area contributed by atoms with Crippen LogP contribution in [0.2, 0.25) is 0 Å². The van der Waals surface area contributed by atoms with Crippen molar-refractivity contribution in [1.29, 1.82) is 0 Å². The summed E-state index contributed by atoms with van der Waals surface area (Å²) in [7, 11) is 0. The third-order valence-corrected chi connectivity index (χ3v) is 5.42. The van der Waals surface area contributed by atoms with E-state index in [1.807, 2.05) is 48.5 Å². The van der Waals surface area contributed by atoms with E-state index in [1.54, 1.807) is 0 Å². The molecule has 0 radical (unpaired) electrons. The molecule has 2 aliphatic rings. The van der Waals surface area contributed by atoms with Crippen LogP contribution in [-0.2, 0) is 14.3 Å². The number of hydrogen-bond acceptors (Lipinski definition) is 4. The van der Waals surface area contributed by atoms with Crippen LogP contribution in [0.25, 0.3) is 11.1 Å². The van der Waals surface area contributed by atoms with E-state index in [4.69, 9.17) is 4.74 Å². The third-order valence-electron chi connectivity index (χ3n) is 5.42. The number of fused-ring (bicyclic) bond motifs is 3. The number of nitrogens with zero attached hydrogens (tertiary/aromatic N) is 1. The Morgan fingerprint density at radius 3 is 2.13 bits per heavy atom. The van der Waals surface area contributed by atoms with Gasteiger partial charge >= 0.3 is 18.4 Å². The van der Waals surface area contributed by atoms with Gasteiger partial charge in [-0.15, -0.1) is 13.2 Å². The SMILES string of the molecule is O=C(O)[C@H]1C[C@@H](OC(F)(F)F)CN1C(=O)OCC1c2ccccc2-c2ccccc21. The van der Waals surface area contributed by atoms with Gasteiger partial charge in [0.15, 0.2) is 0 Å². The van der Waals surface area contributed by atoms with Gasteiger partial charge in [0.25, 0.3) is 0 Å². The van der Waals surface area contributed by atoms with Crippen molar-refractivity contribution in [3.63, 3.8) is 0 Å². The van der Waals surface area contributed by atoms with Crippen LogP contribution in [0, 0.1) is 0 Å². The van der Waals surface area contributed by atoms with Crippen molar-refractivity contribution in [2.24, 2.45) is 0 Å². The van der Waals surface area contributed by atoms with Gasteiger partial charge < -0.3 is 9.84 Å². The second-order valence-corrected chi connectivity index (χ2v) is 7.23. The summed E-state index contributed by atoms with van der Waals surface area (Å²) >= 11 is 0. The van der Waals surface area contributed by atoms with Crippen LogP contribution in [0.15, 0.2) is 48.5 Å². The van der Waals surface area contributed by atoms with E-state index in [1.165, 1.54) is 0 Å². The van der Waals surface area contributed by atoms with Gasteiger partial charge in [-0.25, -0.2) is 9.59 Å².